The lowest BCUT2D eigenvalue weighted by Gasteiger charge is -2.12. The molecule has 1 heterocycles. The SMILES string of the molecule is O=C(O)C1CC1(c1cccs1)C1CC1. The van der Waals surface area contributed by atoms with E-state index in [9.17, 15) is 4.79 Å². The van der Waals surface area contributed by atoms with Gasteiger partial charge in [-0.2, -0.15) is 0 Å². The normalized spacial score (nSPS) is 35.6. The molecule has 0 aliphatic heterocycles. The van der Waals surface area contributed by atoms with Gasteiger partial charge in [0.1, 0.15) is 0 Å². The molecule has 2 aliphatic rings. The van der Waals surface area contributed by atoms with Gasteiger partial charge in [0.05, 0.1) is 5.92 Å². The predicted molar refractivity (Wildman–Crippen MR) is 54.5 cm³/mol. The summed E-state index contributed by atoms with van der Waals surface area (Å²) in [6.07, 6.45) is 3.32. The number of thiophene rings is 1. The topological polar surface area (TPSA) is 37.3 Å². The predicted octanol–water partition coefficient (Wildman–Crippen LogP) is 2.50. The minimum Gasteiger partial charge on any atom is -0.481 e. The maximum Gasteiger partial charge on any atom is 0.307 e. The fraction of sp³-hybridized carbons (Fsp3) is 0.545. The highest BCUT2D eigenvalue weighted by Gasteiger charge is 2.66. The van der Waals surface area contributed by atoms with Gasteiger partial charge < -0.3 is 5.11 Å². The smallest absolute Gasteiger partial charge is 0.307 e. The Hall–Kier alpha value is -0.830. The van der Waals surface area contributed by atoms with E-state index in [0.29, 0.717) is 5.92 Å². The van der Waals surface area contributed by atoms with E-state index in [1.165, 1.54) is 17.7 Å². The Morgan fingerprint density at radius 1 is 1.57 bits per heavy atom. The first-order valence-electron chi connectivity index (χ1n) is 5.02. The molecule has 0 saturated heterocycles. The lowest BCUT2D eigenvalue weighted by molar-refractivity contribution is -0.139. The molecule has 0 bridgehead atoms. The molecule has 2 atom stereocenters. The van der Waals surface area contributed by atoms with Crippen molar-refractivity contribution in [3.63, 3.8) is 0 Å². The van der Waals surface area contributed by atoms with Crippen LogP contribution < -0.4 is 0 Å². The Morgan fingerprint density at radius 2 is 2.36 bits per heavy atom. The van der Waals surface area contributed by atoms with E-state index >= 15 is 0 Å². The van der Waals surface area contributed by atoms with E-state index in [2.05, 4.69) is 11.4 Å². The minimum atomic E-state index is -0.606. The molecule has 0 amide bonds. The van der Waals surface area contributed by atoms with Crippen LogP contribution in [0.4, 0.5) is 0 Å². The monoisotopic (exact) mass is 208 g/mol. The van der Waals surface area contributed by atoms with Crippen LogP contribution in [-0.2, 0) is 10.2 Å². The first-order chi connectivity index (χ1) is 6.75. The molecule has 2 saturated carbocycles. The van der Waals surface area contributed by atoms with E-state index in [-0.39, 0.29) is 11.3 Å². The molecule has 0 aromatic carbocycles. The zero-order chi connectivity index (χ0) is 9.76. The van der Waals surface area contributed by atoms with Crippen LogP contribution in [-0.4, -0.2) is 11.1 Å². The van der Waals surface area contributed by atoms with E-state index in [1.807, 2.05) is 6.07 Å². The van der Waals surface area contributed by atoms with Crippen molar-refractivity contribution in [3.8, 4) is 0 Å². The highest BCUT2D eigenvalue weighted by Crippen LogP contribution is 2.67. The summed E-state index contributed by atoms with van der Waals surface area (Å²) in [4.78, 5) is 12.3. The number of rotatable bonds is 3. The molecule has 0 spiro atoms. The molecule has 3 rings (SSSR count). The van der Waals surface area contributed by atoms with E-state index < -0.39 is 5.97 Å². The molecular weight excluding hydrogens is 196 g/mol. The maximum absolute atomic E-state index is 11.0. The molecule has 0 radical (unpaired) electrons. The Kier molecular flexibility index (Phi) is 1.57. The highest BCUT2D eigenvalue weighted by molar-refractivity contribution is 7.10. The van der Waals surface area contributed by atoms with Gasteiger partial charge in [-0.25, -0.2) is 0 Å². The molecule has 2 unspecified atom stereocenters. The van der Waals surface area contributed by atoms with Crippen LogP contribution in [0.25, 0.3) is 0 Å². The van der Waals surface area contributed by atoms with Gasteiger partial charge in [0.15, 0.2) is 0 Å². The van der Waals surface area contributed by atoms with Crippen LogP contribution in [0.3, 0.4) is 0 Å². The quantitative estimate of drug-likeness (QED) is 0.828. The first-order valence-corrected chi connectivity index (χ1v) is 5.90. The zero-order valence-electron chi connectivity index (χ0n) is 7.77. The average Bonchev–Trinajstić information content (AvgIpc) is 3.03. The summed E-state index contributed by atoms with van der Waals surface area (Å²) >= 11 is 1.72. The number of aliphatic carboxylic acids is 1. The molecule has 74 valence electrons. The van der Waals surface area contributed by atoms with Crippen LogP contribution in [0.5, 0.6) is 0 Å². The molecule has 1 aromatic rings. The number of carboxylic acid groups (broad SMARTS) is 1. The first kappa shape index (κ1) is 8.48. The van der Waals surface area contributed by atoms with Crippen molar-refractivity contribution < 1.29 is 9.90 Å². The van der Waals surface area contributed by atoms with Crippen LogP contribution in [0.1, 0.15) is 24.1 Å². The zero-order valence-corrected chi connectivity index (χ0v) is 8.59. The van der Waals surface area contributed by atoms with Crippen molar-refractivity contribution in [1.29, 1.82) is 0 Å². The molecule has 2 fully saturated rings. The minimum absolute atomic E-state index is 0.0417. The van der Waals surface area contributed by atoms with Gasteiger partial charge in [0.25, 0.3) is 0 Å². The second-order valence-electron chi connectivity index (χ2n) is 4.39. The molecule has 1 N–H and O–H groups in total. The second kappa shape index (κ2) is 2.60. The third-order valence-electron chi connectivity index (χ3n) is 3.59. The van der Waals surface area contributed by atoms with Crippen molar-refractivity contribution in [3.05, 3.63) is 22.4 Å². The Labute approximate surface area is 86.6 Å². The van der Waals surface area contributed by atoms with Gasteiger partial charge in [-0.15, -0.1) is 11.3 Å². The van der Waals surface area contributed by atoms with E-state index in [0.717, 1.165) is 6.42 Å². The van der Waals surface area contributed by atoms with Gasteiger partial charge in [0, 0.05) is 10.3 Å². The van der Waals surface area contributed by atoms with Crippen molar-refractivity contribution in [1.82, 2.24) is 0 Å². The standard InChI is InChI=1S/C11H12O2S/c12-10(13)8-6-11(8,7-3-4-7)9-2-1-5-14-9/h1-2,5,7-8H,3-4,6H2,(H,12,13). The van der Waals surface area contributed by atoms with Gasteiger partial charge in [0.2, 0.25) is 0 Å². The average molecular weight is 208 g/mol. The van der Waals surface area contributed by atoms with E-state index in [4.69, 9.17) is 5.11 Å². The van der Waals surface area contributed by atoms with Crippen LogP contribution in [0, 0.1) is 11.8 Å². The Bertz CT molecular complexity index is 367. The summed E-state index contributed by atoms with van der Waals surface area (Å²) < 4.78 is 0. The molecule has 14 heavy (non-hydrogen) atoms. The van der Waals surface area contributed by atoms with Crippen LogP contribution in [0.2, 0.25) is 0 Å². The molecule has 2 aliphatic carbocycles. The summed E-state index contributed by atoms with van der Waals surface area (Å²) in [6.45, 7) is 0. The number of hydrogen-bond donors (Lipinski definition) is 1. The summed E-state index contributed by atoms with van der Waals surface area (Å²) in [5, 5.41) is 11.1. The van der Waals surface area contributed by atoms with Crippen molar-refractivity contribution in [2.45, 2.75) is 24.7 Å². The van der Waals surface area contributed by atoms with Crippen molar-refractivity contribution >= 4 is 17.3 Å². The summed E-state index contributed by atoms with van der Waals surface area (Å²) in [5.41, 5.74) is 0.0417. The number of carbonyl (C=O) groups is 1. The third kappa shape index (κ3) is 0.989. The van der Waals surface area contributed by atoms with Crippen LogP contribution >= 0.6 is 11.3 Å². The van der Waals surface area contributed by atoms with Gasteiger partial charge in [-0.05, 0) is 36.6 Å². The van der Waals surface area contributed by atoms with Gasteiger partial charge >= 0.3 is 5.97 Å². The van der Waals surface area contributed by atoms with Gasteiger partial charge in [-0.3, -0.25) is 4.79 Å². The van der Waals surface area contributed by atoms with Crippen LogP contribution in [0.15, 0.2) is 17.5 Å². The summed E-state index contributed by atoms with van der Waals surface area (Å²) in [6, 6.07) is 4.13. The van der Waals surface area contributed by atoms with Crippen molar-refractivity contribution in [2.24, 2.45) is 11.8 Å². The Morgan fingerprint density at radius 3 is 2.79 bits per heavy atom. The lowest BCUT2D eigenvalue weighted by Crippen LogP contribution is -2.15. The molecule has 3 heteroatoms. The molecular formula is C11H12O2S. The fourth-order valence-corrected chi connectivity index (χ4v) is 3.73. The maximum atomic E-state index is 11.0. The second-order valence-corrected chi connectivity index (χ2v) is 5.33. The van der Waals surface area contributed by atoms with E-state index in [1.54, 1.807) is 11.3 Å². The molecule has 1 aromatic heterocycles. The Balaban J connectivity index is 1.96. The third-order valence-corrected chi connectivity index (χ3v) is 4.65. The summed E-state index contributed by atoms with van der Waals surface area (Å²) in [7, 11) is 0. The number of carboxylic acids is 1. The van der Waals surface area contributed by atoms with Crippen molar-refractivity contribution in [2.75, 3.05) is 0 Å². The fourth-order valence-electron chi connectivity index (χ4n) is 2.65. The summed E-state index contributed by atoms with van der Waals surface area (Å²) in [5.74, 6) is -0.0544. The number of hydrogen-bond acceptors (Lipinski definition) is 2. The largest absolute Gasteiger partial charge is 0.481 e. The molecule has 2 nitrogen and oxygen atoms in total. The highest BCUT2D eigenvalue weighted by atomic mass is 32.1. The lowest BCUT2D eigenvalue weighted by atomic mass is 9.95. The van der Waals surface area contributed by atoms with Gasteiger partial charge in [-0.1, -0.05) is 6.07 Å².